The highest BCUT2D eigenvalue weighted by Crippen LogP contribution is 2.31. The number of hydrogen-bond donors (Lipinski definition) is 0. The zero-order chi connectivity index (χ0) is 21.5. The first-order valence-corrected chi connectivity index (χ1v) is 10.5. The Labute approximate surface area is 183 Å². The van der Waals surface area contributed by atoms with Gasteiger partial charge in [-0.2, -0.15) is 0 Å². The first kappa shape index (κ1) is 20.8. The summed E-state index contributed by atoms with van der Waals surface area (Å²) in [5, 5.41) is 0. The molecule has 1 aliphatic rings. The molecule has 6 nitrogen and oxygen atoms in total. The molecule has 2 aromatic carbocycles. The minimum absolute atomic E-state index is 0.258. The van der Waals surface area contributed by atoms with Gasteiger partial charge in [0.2, 0.25) is 0 Å². The fourth-order valence-corrected chi connectivity index (χ4v) is 3.95. The lowest BCUT2D eigenvalue weighted by Gasteiger charge is -2.32. The van der Waals surface area contributed by atoms with E-state index in [1.54, 1.807) is 14.2 Å². The molecule has 1 aromatic heterocycles. The first-order valence-electron chi connectivity index (χ1n) is 10.5. The quantitative estimate of drug-likeness (QED) is 0.505. The van der Waals surface area contributed by atoms with Crippen molar-refractivity contribution in [1.29, 1.82) is 0 Å². The summed E-state index contributed by atoms with van der Waals surface area (Å²) in [4.78, 5) is 6.59. The molecule has 31 heavy (non-hydrogen) atoms. The van der Waals surface area contributed by atoms with Crippen molar-refractivity contribution < 1.29 is 18.9 Å². The van der Waals surface area contributed by atoms with Gasteiger partial charge in [0, 0.05) is 18.1 Å². The molecule has 0 spiro atoms. The maximum absolute atomic E-state index is 6.11. The number of aromatic nitrogens is 1. The Hall–Kier alpha value is -3.41. The van der Waals surface area contributed by atoms with Crippen LogP contribution in [0.15, 0.2) is 73.1 Å². The Bertz CT molecular complexity index is 873. The number of nitrogens with zero attached hydrogens (tertiary/aromatic N) is 2. The van der Waals surface area contributed by atoms with Crippen LogP contribution in [0.2, 0.25) is 0 Å². The van der Waals surface area contributed by atoms with Crippen molar-refractivity contribution in [3.63, 3.8) is 0 Å². The van der Waals surface area contributed by atoms with Crippen LogP contribution >= 0.6 is 0 Å². The molecule has 0 N–H and O–H groups in total. The van der Waals surface area contributed by atoms with E-state index in [2.05, 4.69) is 9.88 Å². The third-order valence-electron chi connectivity index (χ3n) is 5.58. The fraction of sp³-hybridized carbons (Fsp3) is 0.320. The summed E-state index contributed by atoms with van der Waals surface area (Å²) in [7, 11) is 3.32. The first-order chi connectivity index (χ1) is 15.3. The maximum Gasteiger partial charge on any atom is 0.119 e. The van der Waals surface area contributed by atoms with Gasteiger partial charge in [-0.25, -0.2) is 0 Å². The lowest BCUT2D eigenvalue weighted by atomic mass is 10.2. The van der Waals surface area contributed by atoms with Crippen LogP contribution in [0, 0.1) is 0 Å². The minimum atomic E-state index is 0.258. The van der Waals surface area contributed by atoms with E-state index in [-0.39, 0.29) is 12.1 Å². The molecule has 0 saturated carbocycles. The van der Waals surface area contributed by atoms with Crippen LogP contribution in [-0.2, 0) is 0 Å². The Morgan fingerprint density at radius 1 is 0.677 bits per heavy atom. The van der Waals surface area contributed by atoms with Gasteiger partial charge in [-0.05, 0) is 73.5 Å². The molecule has 2 heterocycles. The summed E-state index contributed by atoms with van der Waals surface area (Å²) < 4.78 is 22.7. The van der Waals surface area contributed by atoms with Gasteiger partial charge in [0.1, 0.15) is 36.2 Å². The van der Waals surface area contributed by atoms with E-state index in [1.165, 1.54) is 0 Å². The van der Waals surface area contributed by atoms with E-state index in [9.17, 15) is 0 Å². The zero-order valence-corrected chi connectivity index (χ0v) is 17.9. The molecule has 0 radical (unpaired) electrons. The predicted octanol–water partition coefficient (Wildman–Crippen LogP) is 4.59. The van der Waals surface area contributed by atoms with Gasteiger partial charge in [-0.15, -0.1) is 0 Å². The molecule has 0 amide bonds. The lowest BCUT2D eigenvalue weighted by Crippen LogP contribution is -2.42. The third-order valence-corrected chi connectivity index (χ3v) is 5.58. The van der Waals surface area contributed by atoms with Crippen LogP contribution in [0.4, 0.5) is 5.69 Å². The zero-order valence-electron chi connectivity index (χ0n) is 17.9. The minimum Gasteiger partial charge on any atom is -0.497 e. The summed E-state index contributed by atoms with van der Waals surface area (Å²) in [6, 6.07) is 20.0. The molecular formula is C25H28N2O4. The number of methoxy groups -OCH3 is 2. The Kier molecular flexibility index (Phi) is 6.77. The van der Waals surface area contributed by atoms with E-state index in [0.29, 0.717) is 13.2 Å². The van der Waals surface area contributed by atoms with E-state index in [4.69, 9.17) is 18.9 Å². The Morgan fingerprint density at radius 3 is 1.52 bits per heavy atom. The highest BCUT2D eigenvalue weighted by molar-refractivity contribution is 5.48. The van der Waals surface area contributed by atoms with Crippen LogP contribution in [-0.4, -0.2) is 44.5 Å². The van der Waals surface area contributed by atoms with Gasteiger partial charge in [0.05, 0.1) is 26.3 Å². The van der Waals surface area contributed by atoms with Crippen LogP contribution in [0.25, 0.3) is 0 Å². The summed E-state index contributed by atoms with van der Waals surface area (Å²) in [6.07, 6.45) is 5.73. The maximum atomic E-state index is 6.11. The molecule has 0 aliphatic carbocycles. The summed E-state index contributed by atoms with van der Waals surface area (Å²) in [5.41, 5.74) is 1.14. The van der Waals surface area contributed by atoms with Gasteiger partial charge in [-0.1, -0.05) is 0 Å². The molecule has 162 valence electrons. The van der Waals surface area contributed by atoms with Crippen molar-refractivity contribution in [1.82, 2.24) is 4.98 Å². The molecule has 1 aliphatic heterocycles. The molecule has 4 rings (SSSR count). The highest BCUT2D eigenvalue weighted by Gasteiger charge is 2.34. The number of benzene rings is 2. The molecule has 0 bridgehead atoms. The van der Waals surface area contributed by atoms with Gasteiger partial charge in [0.25, 0.3) is 0 Å². The van der Waals surface area contributed by atoms with Crippen molar-refractivity contribution in [2.24, 2.45) is 0 Å². The molecule has 1 saturated heterocycles. The fourth-order valence-electron chi connectivity index (χ4n) is 3.95. The van der Waals surface area contributed by atoms with Crippen molar-refractivity contribution in [2.75, 3.05) is 32.3 Å². The molecular weight excluding hydrogens is 392 g/mol. The second-order valence-electron chi connectivity index (χ2n) is 7.47. The van der Waals surface area contributed by atoms with E-state index >= 15 is 0 Å². The summed E-state index contributed by atoms with van der Waals surface area (Å²) in [6.45, 7) is 1.21. The smallest absolute Gasteiger partial charge is 0.119 e. The Balaban J connectivity index is 1.42. The van der Waals surface area contributed by atoms with Crippen molar-refractivity contribution >= 4 is 5.69 Å². The third kappa shape index (κ3) is 5.20. The van der Waals surface area contributed by atoms with E-state index in [1.807, 2.05) is 73.1 Å². The summed E-state index contributed by atoms with van der Waals surface area (Å²) >= 11 is 0. The van der Waals surface area contributed by atoms with E-state index < -0.39 is 0 Å². The predicted molar refractivity (Wildman–Crippen MR) is 121 cm³/mol. The van der Waals surface area contributed by atoms with Crippen LogP contribution in [0.1, 0.15) is 12.8 Å². The van der Waals surface area contributed by atoms with Crippen molar-refractivity contribution in [3.05, 3.63) is 73.1 Å². The van der Waals surface area contributed by atoms with Gasteiger partial charge >= 0.3 is 0 Å². The molecule has 2 atom stereocenters. The molecule has 3 aromatic rings. The number of hydrogen-bond acceptors (Lipinski definition) is 6. The molecule has 1 fully saturated rings. The van der Waals surface area contributed by atoms with E-state index in [0.717, 1.165) is 41.5 Å². The number of ether oxygens (including phenoxy) is 4. The number of anilines is 1. The van der Waals surface area contributed by atoms with Gasteiger partial charge in [0.15, 0.2) is 0 Å². The van der Waals surface area contributed by atoms with Gasteiger partial charge in [-0.3, -0.25) is 4.98 Å². The molecule has 6 heteroatoms. The summed E-state index contributed by atoms with van der Waals surface area (Å²) in [5.74, 6) is 3.33. The Morgan fingerprint density at radius 2 is 1.10 bits per heavy atom. The van der Waals surface area contributed by atoms with Crippen LogP contribution in [0.3, 0.4) is 0 Å². The highest BCUT2D eigenvalue weighted by atomic mass is 16.5. The van der Waals surface area contributed by atoms with Crippen LogP contribution in [0.5, 0.6) is 23.0 Å². The van der Waals surface area contributed by atoms with Crippen LogP contribution < -0.4 is 23.8 Å². The van der Waals surface area contributed by atoms with Crippen molar-refractivity contribution in [2.45, 2.75) is 24.9 Å². The second-order valence-corrected chi connectivity index (χ2v) is 7.47. The van der Waals surface area contributed by atoms with Crippen molar-refractivity contribution in [3.8, 4) is 23.0 Å². The number of rotatable bonds is 9. The lowest BCUT2D eigenvalue weighted by molar-refractivity contribution is 0.270. The molecule has 0 unspecified atom stereocenters. The topological polar surface area (TPSA) is 53.1 Å². The average Bonchev–Trinajstić information content (AvgIpc) is 3.25. The standard InChI is InChI=1S/C25H28N2O4/c1-28-22-5-9-24(10-6-22)30-17-20-3-4-21(27(20)19-13-15-26-16-14-19)18-31-25-11-7-23(29-2)8-12-25/h5-16,20-21H,3-4,17-18H2,1-2H3/t20-,21-/m1/s1. The SMILES string of the molecule is COc1ccc(OC[C@H]2CC[C@H](COc3ccc(OC)cc3)N2c2ccncc2)cc1. The average molecular weight is 421 g/mol. The largest absolute Gasteiger partial charge is 0.497 e. The normalized spacial score (nSPS) is 17.9. The second kappa shape index (κ2) is 10.1. The van der Waals surface area contributed by atoms with Gasteiger partial charge < -0.3 is 23.8 Å². The number of pyridine rings is 1. The monoisotopic (exact) mass is 420 g/mol.